The number of nitrogens with one attached hydrogen (secondary N) is 1. The van der Waals surface area contributed by atoms with Crippen molar-refractivity contribution in [3.63, 3.8) is 0 Å². The van der Waals surface area contributed by atoms with Gasteiger partial charge >= 0.3 is 0 Å². The Morgan fingerprint density at radius 2 is 1.51 bits per heavy atom. The topological polar surface area (TPSA) is 75.7 Å². The van der Waals surface area contributed by atoms with Crippen molar-refractivity contribution in [1.82, 2.24) is 9.62 Å². The molecule has 35 heavy (non-hydrogen) atoms. The molecule has 3 aromatic rings. The molecule has 0 aliphatic carbocycles. The van der Waals surface area contributed by atoms with Gasteiger partial charge in [0.15, 0.2) is 0 Å². The fraction of sp³-hybridized carbons (Fsp3) is 0.321. The third kappa shape index (κ3) is 5.57. The number of rotatable bonds is 9. The molecule has 184 valence electrons. The molecular formula is C28H32N2O4S. The molecule has 1 amide bonds. The molecular weight excluding hydrogens is 460 g/mol. The van der Waals surface area contributed by atoms with Gasteiger partial charge in [0, 0.05) is 19.6 Å². The molecule has 0 atom stereocenters. The first kappa shape index (κ1) is 24.9. The molecule has 1 aliphatic heterocycles. The normalized spacial score (nSPS) is 15.9. The van der Waals surface area contributed by atoms with E-state index in [1.54, 1.807) is 31.4 Å². The van der Waals surface area contributed by atoms with Crippen molar-refractivity contribution < 1.29 is 17.9 Å². The van der Waals surface area contributed by atoms with E-state index in [0.717, 1.165) is 18.4 Å². The molecule has 1 N–H and O–H groups in total. The molecule has 0 aromatic heterocycles. The number of aryl methyl sites for hydroxylation is 1. The lowest BCUT2D eigenvalue weighted by Gasteiger charge is -2.40. The smallest absolute Gasteiger partial charge is 0.243 e. The van der Waals surface area contributed by atoms with Crippen molar-refractivity contribution in [2.45, 2.75) is 36.0 Å². The summed E-state index contributed by atoms with van der Waals surface area (Å²) in [5, 5.41) is 3.14. The van der Waals surface area contributed by atoms with E-state index in [0.29, 0.717) is 25.1 Å². The summed E-state index contributed by atoms with van der Waals surface area (Å²) < 4.78 is 33.1. The summed E-state index contributed by atoms with van der Waals surface area (Å²) in [6.45, 7) is 1.14. The van der Waals surface area contributed by atoms with Crippen molar-refractivity contribution in [2.24, 2.45) is 0 Å². The van der Waals surface area contributed by atoms with Crippen LogP contribution in [0.15, 0.2) is 89.8 Å². The van der Waals surface area contributed by atoms with Crippen molar-refractivity contribution in [2.75, 3.05) is 26.7 Å². The van der Waals surface area contributed by atoms with Crippen LogP contribution in [0.2, 0.25) is 0 Å². The lowest BCUT2D eigenvalue weighted by Crippen LogP contribution is -2.52. The van der Waals surface area contributed by atoms with Gasteiger partial charge in [0.05, 0.1) is 17.4 Å². The van der Waals surface area contributed by atoms with Gasteiger partial charge in [-0.05, 0) is 61.1 Å². The molecule has 1 heterocycles. The van der Waals surface area contributed by atoms with Crippen LogP contribution in [0.3, 0.4) is 0 Å². The minimum atomic E-state index is -3.65. The molecule has 0 saturated carbocycles. The third-order valence-electron chi connectivity index (χ3n) is 6.80. The van der Waals surface area contributed by atoms with Gasteiger partial charge in [-0.15, -0.1) is 0 Å². The number of piperidine rings is 1. The average molecular weight is 493 g/mol. The summed E-state index contributed by atoms with van der Waals surface area (Å²) in [6, 6.07) is 26.4. The molecule has 1 saturated heterocycles. The molecule has 0 bridgehead atoms. The first-order valence-electron chi connectivity index (χ1n) is 12.0. The SMILES string of the molecule is COc1ccc(S(=O)(=O)N2CCC(C(=O)NCCCc3ccccc3)(c3ccccc3)CC2)cc1. The Labute approximate surface area is 208 Å². The Morgan fingerprint density at radius 1 is 0.914 bits per heavy atom. The molecule has 6 nitrogen and oxygen atoms in total. The second kappa shape index (κ2) is 11.1. The molecule has 7 heteroatoms. The second-order valence-corrected chi connectivity index (χ2v) is 10.8. The quantitative estimate of drug-likeness (QED) is 0.455. The summed E-state index contributed by atoms with van der Waals surface area (Å²) in [6.07, 6.45) is 2.60. The van der Waals surface area contributed by atoms with Gasteiger partial charge in [0.1, 0.15) is 5.75 Å². The van der Waals surface area contributed by atoms with Gasteiger partial charge in [-0.25, -0.2) is 8.42 Å². The molecule has 1 aliphatic rings. The Morgan fingerprint density at radius 3 is 2.11 bits per heavy atom. The highest BCUT2D eigenvalue weighted by Crippen LogP contribution is 2.37. The van der Waals surface area contributed by atoms with Crippen LogP contribution in [-0.4, -0.2) is 45.4 Å². The van der Waals surface area contributed by atoms with Crippen LogP contribution in [0.1, 0.15) is 30.4 Å². The van der Waals surface area contributed by atoms with Gasteiger partial charge in [-0.2, -0.15) is 4.31 Å². The predicted molar refractivity (Wildman–Crippen MR) is 137 cm³/mol. The number of methoxy groups -OCH3 is 1. The maximum Gasteiger partial charge on any atom is 0.243 e. The summed E-state index contributed by atoms with van der Waals surface area (Å²) in [5.41, 5.74) is 1.43. The van der Waals surface area contributed by atoms with E-state index in [-0.39, 0.29) is 23.9 Å². The summed E-state index contributed by atoms with van der Waals surface area (Å²) in [7, 11) is -2.10. The van der Waals surface area contributed by atoms with Crippen LogP contribution >= 0.6 is 0 Å². The lowest BCUT2D eigenvalue weighted by atomic mass is 9.72. The van der Waals surface area contributed by atoms with Crippen molar-refractivity contribution in [1.29, 1.82) is 0 Å². The monoisotopic (exact) mass is 492 g/mol. The molecule has 0 spiro atoms. The maximum absolute atomic E-state index is 13.5. The fourth-order valence-electron chi connectivity index (χ4n) is 4.72. The fourth-order valence-corrected chi connectivity index (χ4v) is 6.16. The van der Waals surface area contributed by atoms with Crippen LogP contribution in [-0.2, 0) is 26.7 Å². The zero-order chi connectivity index (χ0) is 24.7. The van der Waals surface area contributed by atoms with E-state index in [9.17, 15) is 13.2 Å². The van der Waals surface area contributed by atoms with E-state index >= 15 is 0 Å². The number of amides is 1. The maximum atomic E-state index is 13.5. The minimum absolute atomic E-state index is 0.0294. The predicted octanol–water partition coefficient (Wildman–Crippen LogP) is 4.17. The first-order valence-corrected chi connectivity index (χ1v) is 13.4. The van der Waals surface area contributed by atoms with E-state index < -0.39 is 15.4 Å². The zero-order valence-electron chi connectivity index (χ0n) is 20.0. The van der Waals surface area contributed by atoms with Crippen LogP contribution in [0, 0.1) is 0 Å². The van der Waals surface area contributed by atoms with E-state index in [1.165, 1.54) is 9.87 Å². The lowest BCUT2D eigenvalue weighted by molar-refractivity contribution is -0.128. The number of nitrogens with zero attached hydrogens (tertiary/aromatic N) is 1. The number of carbonyl (C=O) groups is 1. The van der Waals surface area contributed by atoms with Crippen molar-refractivity contribution in [3.8, 4) is 5.75 Å². The minimum Gasteiger partial charge on any atom is -0.497 e. The molecule has 0 unspecified atom stereocenters. The van der Waals surface area contributed by atoms with Crippen LogP contribution in [0.4, 0.5) is 0 Å². The summed E-state index contributed by atoms with van der Waals surface area (Å²) in [4.78, 5) is 13.8. The van der Waals surface area contributed by atoms with Gasteiger partial charge in [0.25, 0.3) is 0 Å². The van der Waals surface area contributed by atoms with Gasteiger partial charge in [-0.3, -0.25) is 4.79 Å². The molecule has 0 radical (unpaired) electrons. The molecule has 3 aromatic carbocycles. The van der Waals surface area contributed by atoms with E-state index in [2.05, 4.69) is 17.4 Å². The molecule has 1 fully saturated rings. The number of hydrogen-bond donors (Lipinski definition) is 1. The summed E-state index contributed by atoms with van der Waals surface area (Å²) >= 11 is 0. The first-order chi connectivity index (χ1) is 17.0. The van der Waals surface area contributed by atoms with Crippen LogP contribution in [0.5, 0.6) is 5.75 Å². The number of sulfonamides is 1. The Kier molecular flexibility index (Phi) is 7.88. The Hall–Kier alpha value is -3.16. The highest BCUT2D eigenvalue weighted by molar-refractivity contribution is 7.89. The average Bonchev–Trinajstić information content (AvgIpc) is 2.92. The standard InChI is InChI=1S/C28H32N2O4S/c1-34-25-14-16-26(17-15-25)35(32,33)30-21-18-28(19-22-30,24-12-6-3-7-13-24)27(31)29-20-8-11-23-9-4-2-5-10-23/h2-7,9-10,12-17H,8,11,18-22H2,1H3,(H,29,31). The second-order valence-electron chi connectivity index (χ2n) is 8.87. The van der Waals surface area contributed by atoms with Crippen LogP contribution in [0.25, 0.3) is 0 Å². The number of hydrogen-bond acceptors (Lipinski definition) is 4. The summed E-state index contributed by atoms with van der Waals surface area (Å²) in [5.74, 6) is 0.577. The van der Waals surface area contributed by atoms with E-state index in [1.807, 2.05) is 48.5 Å². The third-order valence-corrected chi connectivity index (χ3v) is 8.72. The van der Waals surface area contributed by atoms with Crippen molar-refractivity contribution in [3.05, 3.63) is 96.1 Å². The van der Waals surface area contributed by atoms with Crippen LogP contribution < -0.4 is 10.1 Å². The van der Waals surface area contributed by atoms with Gasteiger partial charge in [-0.1, -0.05) is 60.7 Å². The molecule has 4 rings (SSSR count). The Balaban J connectivity index is 1.45. The number of ether oxygens (including phenoxy) is 1. The number of carbonyl (C=O) groups excluding carboxylic acids is 1. The van der Waals surface area contributed by atoms with E-state index in [4.69, 9.17) is 4.74 Å². The Bertz CT molecular complexity index is 1200. The van der Waals surface area contributed by atoms with Gasteiger partial charge < -0.3 is 10.1 Å². The highest BCUT2D eigenvalue weighted by atomic mass is 32.2. The van der Waals surface area contributed by atoms with Gasteiger partial charge in [0.2, 0.25) is 15.9 Å². The van der Waals surface area contributed by atoms with Crippen molar-refractivity contribution >= 4 is 15.9 Å². The zero-order valence-corrected chi connectivity index (χ0v) is 20.8. The largest absolute Gasteiger partial charge is 0.497 e. The number of benzene rings is 3. The highest BCUT2D eigenvalue weighted by Gasteiger charge is 2.45.